The normalized spacial score (nSPS) is 27.8. The zero-order valence-electron chi connectivity index (χ0n) is 33.0. The Hall–Kier alpha value is -4.78. The number of nitrogens with one attached hydrogen (secondary N) is 3. The molecule has 8 atom stereocenters. The number of halogens is 2. The number of amides is 6. The molecule has 4 aliphatic heterocycles. The second kappa shape index (κ2) is 19.5. The standard InChI is InChI=1S/C38H51F2N6O12P/c1-4-5-6-10-32(47)42-27(15-23-13-24(39)16-25(40)14-23)33(48)43-28-20-57-38(53)31-12-21(2)18-45(31)35(50)22(3)41-34(49)29-9-7-8-11-44(29)37(52)30-17-26(58-59(54,55)56)19-46(30)36(28)51/h6,10,13-14,16,21-22,26-31H,4-5,7-9,11-12,15,17-20H2,1-3H3,(H,41,49)(H,42,47)(H,43,48)(H2,54,55,56)/b10-6+/t21-,22+,26-,27+,28+,29+,30+,31?/m1/s1. The Balaban J connectivity index is 1.54. The molecule has 59 heavy (non-hydrogen) atoms. The van der Waals surface area contributed by atoms with Gasteiger partial charge in [-0.3, -0.25) is 33.3 Å². The molecule has 324 valence electrons. The smallest absolute Gasteiger partial charge is 0.461 e. The number of allylic oxidation sites excluding steroid dienone is 1. The van der Waals surface area contributed by atoms with E-state index in [0.717, 1.165) is 17.0 Å². The Bertz CT molecular complexity index is 1860. The fourth-order valence-electron chi connectivity index (χ4n) is 8.00. The number of piperidine rings is 1. The molecule has 6 amide bonds. The van der Waals surface area contributed by atoms with Gasteiger partial charge < -0.3 is 45.2 Å². The van der Waals surface area contributed by atoms with Gasteiger partial charge in [0.15, 0.2) is 0 Å². The Kier molecular flexibility index (Phi) is 15.0. The number of esters is 1. The van der Waals surface area contributed by atoms with Crippen LogP contribution in [0.25, 0.3) is 0 Å². The number of unbranched alkanes of at least 4 members (excludes halogenated alkanes) is 1. The molecule has 5 rings (SSSR count). The highest BCUT2D eigenvalue weighted by molar-refractivity contribution is 7.46. The lowest BCUT2D eigenvalue weighted by Gasteiger charge is -2.39. The summed E-state index contributed by atoms with van der Waals surface area (Å²) in [5, 5.41) is 7.59. The van der Waals surface area contributed by atoms with E-state index in [2.05, 4.69) is 16.0 Å². The largest absolute Gasteiger partial charge is 0.469 e. The summed E-state index contributed by atoms with van der Waals surface area (Å²) in [7, 11) is -5.17. The lowest BCUT2D eigenvalue weighted by Crippen LogP contribution is -2.62. The molecule has 4 saturated heterocycles. The van der Waals surface area contributed by atoms with Gasteiger partial charge in [0.1, 0.15) is 54.5 Å². The van der Waals surface area contributed by atoms with Crippen LogP contribution in [0.5, 0.6) is 0 Å². The molecule has 4 fully saturated rings. The van der Waals surface area contributed by atoms with E-state index in [1.54, 1.807) is 13.0 Å². The molecule has 0 bridgehead atoms. The molecular formula is C38H51F2N6O12P. The first kappa shape index (κ1) is 45.3. The number of benzene rings is 1. The highest BCUT2D eigenvalue weighted by atomic mass is 31.2. The van der Waals surface area contributed by atoms with Crippen molar-refractivity contribution in [3.63, 3.8) is 0 Å². The Morgan fingerprint density at radius 2 is 1.66 bits per heavy atom. The molecule has 5 N–H and O–H groups in total. The lowest BCUT2D eigenvalue weighted by atomic mass is 9.99. The quantitative estimate of drug-likeness (QED) is 0.124. The van der Waals surface area contributed by atoms with Crippen molar-refractivity contribution in [3.05, 3.63) is 47.5 Å². The van der Waals surface area contributed by atoms with Crippen LogP contribution in [0.3, 0.4) is 0 Å². The molecule has 0 saturated carbocycles. The Labute approximate surface area is 339 Å². The zero-order chi connectivity index (χ0) is 43.2. The van der Waals surface area contributed by atoms with Crippen LogP contribution in [0, 0.1) is 17.6 Å². The maximum atomic E-state index is 14.6. The van der Waals surface area contributed by atoms with Gasteiger partial charge in [-0.2, -0.15) is 0 Å². The van der Waals surface area contributed by atoms with Crippen LogP contribution in [0.15, 0.2) is 30.4 Å². The van der Waals surface area contributed by atoms with Crippen LogP contribution in [-0.2, 0) is 53.8 Å². The minimum absolute atomic E-state index is 0.0340. The van der Waals surface area contributed by atoms with Crippen LogP contribution in [0.4, 0.5) is 8.78 Å². The van der Waals surface area contributed by atoms with Crippen LogP contribution >= 0.6 is 7.82 Å². The molecule has 21 heteroatoms. The third kappa shape index (κ3) is 11.7. The number of cyclic esters (lactones) is 1. The average Bonchev–Trinajstić information content (AvgIpc) is 3.76. The van der Waals surface area contributed by atoms with Gasteiger partial charge in [0.05, 0.1) is 6.10 Å². The van der Waals surface area contributed by atoms with Gasteiger partial charge >= 0.3 is 13.8 Å². The SMILES string of the molecule is CCC/C=C/C(=O)N[C@@H](Cc1cc(F)cc(F)c1)C(=O)N[C@H]1COC(=O)C2C[C@@H](C)CN2C(=O)[C@H](C)NC(=O)[C@@H]2CCCCN2C(=O)[C@@H]2C[C@@H](OP(=O)(O)O)CN2C1=O. The third-order valence-electron chi connectivity index (χ3n) is 10.7. The van der Waals surface area contributed by atoms with Crippen molar-refractivity contribution in [1.82, 2.24) is 30.7 Å². The van der Waals surface area contributed by atoms with Gasteiger partial charge in [-0.05, 0) is 68.7 Å². The fraction of sp³-hybridized carbons (Fsp3) is 0.605. The maximum Gasteiger partial charge on any atom is 0.469 e. The van der Waals surface area contributed by atoms with Gasteiger partial charge in [0.2, 0.25) is 35.4 Å². The van der Waals surface area contributed by atoms with Gasteiger partial charge in [-0.15, -0.1) is 0 Å². The van der Waals surface area contributed by atoms with Crippen molar-refractivity contribution in [3.8, 4) is 0 Å². The molecular weight excluding hydrogens is 801 g/mol. The summed E-state index contributed by atoms with van der Waals surface area (Å²) in [4.78, 5) is 120. The predicted octanol–water partition coefficient (Wildman–Crippen LogP) is 0.592. The van der Waals surface area contributed by atoms with E-state index in [1.807, 2.05) is 6.92 Å². The predicted molar refractivity (Wildman–Crippen MR) is 202 cm³/mol. The molecule has 1 aromatic carbocycles. The highest BCUT2D eigenvalue weighted by Gasteiger charge is 2.49. The third-order valence-corrected chi connectivity index (χ3v) is 11.3. The number of ether oxygens (including phenoxy) is 1. The van der Waals surface area contributed by atoms with Crippen molar-refractivity contribution in [2.45, 2.75) is 114 Å². The number of carbonyl (C=O) groups is 7. The molecule has 4 aliphatic rings. The molecule has 0 aromatic heterocycles. The number of hydrogen-bond acceptors (Lipinski definition) is 10. The number of fused-ring (bicyclic) bond motifs is 3. The van der Waals surface area contributed by atoms with Crippen LogP contribution < -0.4 is 16.0 Å². The van der Waals surface area contributed by atoms with E-state index in [4.69, 9.17) is 9.26 Å². The first-order chi connectivity index (χ1) is 27.8. The van der Waals surface area contributed by atoms with E-state index < -0.39 is 129 Å². The van der Waals surface area contributed by atoms with Gasteiger partial charge in [0, 0.05) is 38.5 Å². The van der Waals surface area contributed by atoms with Crippen molar-refractivity contribution < 1.29 is 66.0 Å². The average molecular weight is 853 g/mol. The van der Waals surface area contributed by atoms with E-state index in [0.29, 0.717) is 31.7 Å². The fourth-order valence-corrected chi connectivity index (χ4v) is 8.54. The minimum Gasteiger partial charge on any atom is -0.461 e. The Morgan fingerprint density at radius 1 is 0.966 bits per heavy atom. The molecule has 0 radical (unpaired) electrons. The van der Waals surface area contributed by atoms with Crippen molar-refractivity contribution >= 4 is 49.2 Å². The number of rotatable bonds is 10. The lowest BCUT2D eigenvalue weighted by molar-refractivity contribution is -0.158. The van der Waals surface area contributed by atoms with Crippen molar-refractivity contribution in [2.75, 3.05) is 26.2 Å². The summed E-state index contributed by atoms with van der Waals surface area (Å²) in [6.45, 7) is 3.88. The van der Waals surface area contributed by atoms with Crippen LogP contribution in [0.1, 0.15) is 71.3 Å². The second-order valence-electron chi connectivity index (χ2n) is 15.5. The van der Waals surface area contributed by atoms with Crippen molar-refractivity contribution in [1.29, 1.82) is 0 Å². The summed E-state index contributed by atoms with van der Waals surface area (Å²) in [5.41, 5.74) is -0.0340. The number of phosphoric ester groups is 1. The van der Waals surface area contributed by atoms with Gasteiger partial charge in [-0.1, -0.05) is 26.3 Å². The van der Waals surface area contributed by atoms with E-state index in [-0.39, 0.29) is 37.4 Å². The van der Waals surface area contributed by atoms with Crippen LogP contribution in [0.2, 0.25) is 0 Å². The first-order valence-corrected chi connectivity index (χ1v) is 21.2. The highest BCUT2D eigenvalue weighted by Crippen LogP contribution is 2.41. The van der Waals surface area contributed by atoms with E-state index in [9.17, 15) is 56.7 Å². The zero-order valence-corrected chi connectivity index (χ0v) is 33.9. The van der Waals surface area contributed by atoms with E-state index in [1.165, 1.54) is 22.8 Å². The summed E-state index contributed by atoms with van der Waals surface area (Å²) < 4.78 is 50.9. The molecule has 4 heterocycles. The second-order valence-corrected chi connectivity index (χ2v) is 16.7. The molecule has 1 aromatic rings. The Morgan fingerprint density at radius 3 is 2.34 bits per heavy atom. The first-order valence-electron chi connectivity index (χ1n) is 19.7. The van der Waals surface area contributed by atoms with Crippen molar-refractivity contribution in [2.24, 2.45) is 5.92 Å². The van der Waals surface area contributed by atoms with Gasteiger partial charge in [-0.25, -0.2) is 18.1 Å². The maximum absolute atomic E-state index is 14.6. The van der Waals surface area contributed by atoms with E-state index >= 15 is 0 Å². The number of nitrogens with zero attached hydrogens (tertiary/aromatic N) is 3. The minimum atomic E-state index is -5.17. The molecule has 1 unspecified atom stereocenters. The molecule has 0 aliphatic carbocycles. The summed E-state index contributed by atoms with van der Waals surface area (Å²) in [6.07, 6.45) is 3.03. The number of phosphoric acid groups is 1. The van der Waals surface area contributed by atoms with Gasteiger partial charge in [0.25, 0.3) is 0 Å². The monoisotopic (exact) mass is 852 g/mol. The summed E-state index contributed by atoms with van der Waals surface area (Å²) in [5.74, 6) is -7.92. The molecule has 18 nitrogen and oxygen atoms in total. The van der Waals surface area contributed by atoms with Crippen LogP contribution in [-0.4, -0.2) is 134 Å². The number of hydrogen-bond donors (Lipinski definition) is 5. The summed E-state index contributed by atoms with van der Waals surface area (Å²) in [6, 6.07) is -5.72. The topological polar surface area (TPSA) is 241 Å². The molecule has 0 spiro atoms. The summed E-state index contributed by atoms with van der Waals surface area (Å²) >= 11 is 0. The number of carbonyl (C=O) groups excluding carboxylic acids is 7.